The molecule has 7 heavy (non-hydrogen) atoms. The van der Waals surface area contributed by atoms with E-state index in [9.17, 15) is 0 Å². The molecule has 1 aliphatic carbocycles. The van der Waals surface area contributed by atoms with Crippen LogP contribution in [0.2, 0.25) is 4.14 Å². The predicted octanol–water partition coefficient (Wildman–Crippen LogP) is 0.264. The molecule has 0 aromatic rings. The van der Waals surface area contributed by atoms with Crippen molar-refractivity contribution < 1.29 is 19.0 Å². The van der Waals surface area contributed by atoms with Crippen molar-refractivity contribution in [1.82, 2.24) is 0 Å². The van der Waals surface area contributed by atoms with Gasteiger partial charge in [-0.3, -0.25) is 0 Å². The van der Waals surface area contributed by atoms with Gasteiger partial charge in [0.25, 0.3) is 0 Å². The number of hydrogen-bond acceptors (Lipinski definition) is 0. The summed E-state index contributed by atoms with van der Waals surface area (Å²) < 4.78 is 0.978. The van der Waals surface area contributed by atoms with Crippen LogP contribution in [0.25, 0.3) is 0 Å². The standard InChI is InChI=1S/C5H5.H3Si.Ta/c1-2-4-5-3-1;;/h1-5H;1H3;. The first kappa shape index (κ1) is 5.57. The second-order valence-electron chi connectivity index (χ2n) is 1.52. The topological polar surface area (TPSA) is 0 Å². The fraction of sp³-hybridized carbons (Fsp3) is 0.200. The average molecular weight is 277 g/mol. The van der Waals surface area contributed by atoms with Crippen molar-refractivity contribution in [3.8, 4) is 0 Å². The Kier molecular flexibility index (Phi) is 2.13. The van der Waals surface area contributed by atoms with Gasteiger partial charge in [0.2, 0.25) is 0 Å². The number of rotatable bonds is 1. The van der Waals surface area contributed by atoms with Crippen LogP contribution in [-0.2, 0) is 19.0 Å². The molecule has 0 saturated carbocycles. The van der Waals surface area contributed by atoms with E-state index in [1.165, 1.54) is 8.00 Å². The van der Waals surface area contributed by atoms with Crippen LogP contribution in [0.4, 0.5) is 0 Å². The Morgan fingerprint density at radius 1 is 1.29 bits per heavy atom. The zero-order chi connectivity index (χ0) is 5.11. The summed E-state index contributed by atoms with van der Waals surface area (Å²) >= 11 is 0.0478. The SMILES string of the molecule is [SiH3][Ta][CH]1C=CC=C1. The normalized spacial score (nSPS) is 18.9. The Morgan fingerprint density at radius 3 is 2.14 bits per heavy atom. The van der Waals surface area contributed by atoms with Crippen LogP contribution in [0.1, 0.15) is 0 Å². The molecule has 0 aromatic heterocycles. The third kappa shape index (κ3) is 1.42. The van der Waals surface area contributed by atoms with Crippen LogP contribution in [0.5, 0.6) is 0 Å². The molecule has 0 atom stereocenters. The molecule has 0 nitrogen and oxygen atoms in total. The zero-order valence-corrected chi connectivity index (χ0v) is 9.55. The monoisotopic (exact) mass is 277 g/mol. The van der Waals surface area contributed by atoms with Gasteiger partial charge in [-0.15, -0.1) is 0 Å². The molecule has 0 N–H and O–H groups in total. The maximum atomic E-state index is 2.34. The van der Waals surface area contributed by atoms with E-state index in [1.54, 1.807) is 0 Å². The molecule has 0 aliphatic heterocycles. The van der Waals surface area contributed by atoms with E-state index < -0.39 is 0 Å². The quantitative estimate of drug-likeness (QED) is 0.603. The third-order valence-corrected chi connectivity index (χ3v) is 9.29. The van der Waals surface area contributed by atoms with E-state index in [0.29, 0.717) is 0 Å². The summed E-state index contributed by atoms with van der Waals surface area (Å²) in [5.41, 5.74) is 0. The Balaban J connectivity index is 2.44. The molecule has 1 aliphatic rings. The van der Waals surface area contributed by atoms with Gasteiger partial charge in [0.05, 0.1) is 0 Å². The minimum absolute atomic E-state index is 0.0478. The fourth-order valence-corrected chi connectivity index (χ4v) is 5.36. The molecule has 0 saturated heterocycles. The first-order valence-corrected chi connectivity index (χ1v) is 14.8. The van der Waals surface area contributed by atoms with Crippen LogP contribution >= 0.6 is 0 Å². The summed E-state index contributed by atoms with van der Waals surface area (Å²) in [5, 5.41) is 0. The molecule has 0 amide bonds. The van der Waals surface area contributed by atoms with Crippen LogP contribution in [0, 0.1) is 0 Å². The van der Waals surface area contributed by atoms with E-state index in [1.807, 2.05) is 0 Å². The van der Waals surface area contributed by atoms with Crippen LogP contribution in [0.3, 0.4) is 0 Å². The van der Waals surface area contributed by atoms with Crippen molar-refractivity contribution in [2.24, 2.45) is 0 Å². The van der Waals surface area contributed by atoms with Gasteiger partial charge in [0.1, 0.15) is 0 Å². The molecule has 0 heterocycles. The minimum atomic E-state index is 0.0478. The Morgan fingerprint density at radius 2 is 1.86 bits per heavy atom. The first-order valence-electron chi connectivity index (χ1n) is 2.37. The number of allylic oxidation sites excluding steroid dienone is 4. The van der Waals surface area contributed by atoms with Crippen molar-refractivity contribution >= 4 is 8.00 Å². The Hall–Kier alpha value is 0.437. The van der Waals surface area contributed by atoms with Crippen LogP contribution in [-0.4, -0.2) is 8.00 Å². The average Bonchev–Trinajstić information content (AvgIpc) is 2.14. The molecular weight excluding hydrogens is 269 g/mol. The summed E-state index contributed by atoms with van der Waals surface area (Å²) in [6, 6.07) is 0. The van der Waals surface area contributed by atoms with E-state index >= 15 is 0 Å². The van der Waals surface area contributed by atoms with Crippen LogP contribution < -0.4 is 0 Å². The van der Waals surface area contributed by atoms with Crippen molar-refractivity contribution in [2.45, 2.75) is 4.14 Å². The predicted molar refractivity (Wildman–Crippen MR) is 32.0 cm³/mol. The Bertz CT molecular complexity index is 94.6. The second kappa shape index (κ2) is 2.67. The van der Waals surface area contributed by atoms with Crippen molar-refractivity contribution in [1.29, 1.82) is 0 Å². The van der Waals surface area contributed by atoms with Gasteiger partial charge < -0.3 is 0 Å². The molecule has 0 bridgehead atoms. The third-order valence-electron chi connectivity index (χ3n) is 1.03. The summed E-state index contributed by atoms with van der Waals surface area (Å²) in [4.78, 5) is 0. The molecular formula is C5H8SiTa. The fourth-order valence-electron chi connectivity index (χ4n) is 0.592. The molecule has 0 aromatic carbocycles. The van der Waals surface area contributed by atoms with Crippen LogP contribution in [0.15, 0.2) is 24.3 Å². The van der Waals surface area contributed by atoms with E-state index in [0.717, 1.165) is 4.14 Å². The molecule has 0 spiro atoms. The summed E-state index contributed by atoms with van der Waals surface area (Å²) in [6.45, 7) is 0. The molecule has 1 rings (SSSR count). The summed E-state index contributed by atoms with van der Waals surface area (Å²) in [7, 11) is 1.51. The zero-order valence-electron chi connectivity index (χ0n) is 4.33. The van der Waals surface area contributed by atoms with Gasteiger partial charge in [-0.05, 0) is 0 Å². The van der Waals surface area contributed by atoms with Gasteiger partial charge in [0.15, 0.2) is 0 Å². The van der Waals surface area contributed by atoms with Gasteiger partial charge >= 0.3 is 55.4 Å². The molecule has 2 heteroatoms. The molecule has 37 valence electrons. The molecule has 0 fully saturated rings. The van der Waals surface area contributed by atoms with Crippen molar-refractivity contribution in [3.63, 3.8) is 0 Å². The maximum absolute atomic E-state index is 2.34. The second-order valence-corrected chi connectivity index (χ2v) is 9.74. The Labute approximate surface area is 55.6 Å². The first-order chi connectivity index (χ1) is 3.43. The molecule has 0 unspecified atom stereocenters. The molecule has 0 radical (unpaired) electrons. The van der Waals surface area contributed by atoms with E-state index in [-0.39, 0.29) is 19.0 Å². The number of hydrogen-bond donors (Lipinski definition) is 0. The van der Waals surface area contributed by atoms with E-state index in [2.05, 4.69) is 24.3 Å². The van der Waals surface area contributed by atoms with Crippen molar-refractivity contribution in [2.75, 3.05) is 0 Å². The van der Waals surface area contributed by atoms with Crippen molar-refractivity contribution in [3.05, 3.63) is 24.3 Å². The van der Waals surface area contributed by atoms with Gasteiger partial charge in [-0.2, -0.15) is 0 Å². The van der Waals surface area contributed by atoms with Gasteiger partial charge in [-0.1, -0.05) is 0 Å². The van der Waals surface area contributed by atoms with Gasteiger partial charge in [0, 0.05) is 0 Å². The summed E-state index contributed by atoms with van der Waals surface area (Å²) in [6.07, 6.45) is 9.02. The summed E-state index contributed by atoms with van der Waals surface area (Å²) in [5.74, 6) is 0. The van der Waals surface area contributed by atoms with E-state index in [4.69, 9.17) is 0 Å². The van der Waals surface area contributed by atoms with Gasteiger partial charge in [-0.25, -0.2) is 0 Å².